The Hall–Kier alpha value is -2.01. The number of alkyl halides is 1. The summed E-state index contributed by atoms with van der Waals surface area (Å²) in [6, 6.07) is 11.6. The van der Waals surface area contributed by atoms with Crippen LogP contribution in [0, 0.1) is 0 Å². The molecule has 2 heterocycles. The van der Waals surface area contributed by atoms with Crippen LogP contribution in [0.2, 0.25) is 0 Å². The second-order valence-electron chi connectivity index (χ2n) is 4.91. The minimum Gasteiger partial charge on any atom is -0.471 e. The molecule has 0 bridgehead atoms. The molecule has 2 amide bonds. The molecule has 1 saturated heterocycles. The molecule has 0 spiro atoms. The number of urea groups is 1. The lowest BCUT2D eigenvalue weighted by Gasteiger charge is -2.38. The van der Waals surface area contributed by atoms with Crippen LogP contribution < -0.4 is 10.1 Å². The molecule has 0 unspecified atom stereocenters. The first-order chi connectivity index (χ1) is 10.3. The number of benzene rings is 1. The first kappa shape index (κ1) is 13.9. The second kappa shape index (κ2) is 6.18. The molecule has 3 rings (SSSR count). The number of likely N-dealkylation sites (tertiary alicyclic amines) is 1. The number of nitrogens with zero attached hydrogens (tertiary/aromatic N) is 2. The maximum Gasteiger partial charge on any atom is 0.317 e. The van der Waals surface area contributed by atoms with Gasteiger partial charge < -0.3 is 15.0 Å². The number of carbonyl (C=O) groups excluding carboxylic acids is 1. The molecule has 110 valence electrons. The Morgan fingerprint density at radius 2 is 2.14 bits per heavy atom. The minimum atomic E-state index is -0.0954. The van der Waals surface area contributed by atoms with Gasteiger partial charge in [0.2, 0.25) is 5.88 Å². The first-order valence-corrected chi connectivity index (χ1v) is 7.41. The van der Waals surface area contributed by atoms with Gasteiger partial charge in [-0.2, -0.15) is 0 Å². The third kappa shape index (κ3) is 3.19. The van der Waals surface area contributed by atoms with Gasteiger partial charge in [-0.25, -0.2) is 9.78 Å². The number of hydrogen-bond acceptors (Lipinski definition) is 3. The quantitative estimate of drug-likeness (QED) is 0.882. The summed E-state index contributed by atoms with van der Waals surface area (Å²) in [5.74, 6) is 1.01. The van der Waals surface area contributed by atoms with Crippen molar-refractivity contribution in [2.75, 3.05) is 25.5 Å². The van der Waals surface area contributed by atoms with E-state index in [1.165, 1.54) is 0 Å². The van der Waals surface area contributed by atoms with E-state index in [4.69, 9.17) is 16.3 Å². The standard InChI is InChI=1S/C15H16ClN3O2/c16-7-8-17-15(20)19-9-12(10-19)21-14-6-5-11-3-1-2-4-13(11)18-14/h1-6,12H,7-10H2,(H,17,20). The number of fused-ring (bicyclic) bond motifs is 1. The van der Waals surface area contributed by atoms with E-state index in [1.807, 2.05) is 36.4 Å². The number of ether oxygens (including phenoxy) is 1. The largest absolute Gasteiger partial charge is 0.471 e. The van der Waals surface area contributed by atoms with Crippen molar-refractivity contribution in [3.63, 3.8) is 0 Å². The van der Waals surface area contributed by atoms with Crippen LogP contribution in [0.5, 0.6) is 5.88 Å². The zero-order valence-electron chi connectivity index (χ0n) is 11.5. The number of rotatable bonds is 4. The van der Waals surface area contributed by atoms with E-state index in [0.717, 1.165) is 10.9 Å². The normalized spacial score (nSPS) is 14.8. The molecule has 1 aliphatic rings. The number of aromatic nitrogens is 1. The molecule has 0 radical (unpaired) electrons. The average Bonchev–Trinajstić information content (AvgIpc) is 2.48. The molecule has 1 N–H and O–H groups in total. The van der Waals surface area contributed by atoms with Crippen LogP contribution in [0.15, 0.2) is 36.4 Å². The smallest absolute Gasteiger partial charge is 0.317 e. The van der Waals surface area contributed by atoms with Crippen molar-refractivity contribution >= 4 is 28.5 Å². The lowest BCUT2D eigenvalue weighted by Crippen LogP contribution is -2.59. The van der Waals surface area contributed by atoms with E-state index in [9.17, 15) is 4.79 Å². The number of hydrogen-bond donors (Lipinski definition) is 1. The monoisotopic (exact) mass is 305 g/mol. The van der Waals surface area contributed by atoms with Crippen LogP contribution in [0.3, 0.4) is 0 Å². The van der Waals surface area contributed by atoms with Gasteiger partial charge in [0.15, 0.2) is 0 Å². The topological polar surface area (TPSA) is 54.5 Å². The SMILES string of the molecule is O=C(NCCCl)N1CC(Oc2ccc3ccccc3n2)C1. The minimum absolute atomic E-state index is 0.000383. The van der Waals surface area contributed by atoms with Crippen molar-refractivity contribution in [3.8, 4) is 5.88 Å². The summed E-state index contributed by atoms with van der Waals surface area (Å²) in [7, 11) is 0. The summed E-state index contributed by atoms with van der Waals surface area (Å²) in [5.41, 5.74) is 0.908. The van der Waals surface area contributed by atoms with Crippen LogP contribution in [0.25, 0.3) is 10.9 Å². The Bertz CT molecular complexity index is 644. The van der Waals surface area contributed by atoms with Gasteiger partial charge in [-0.1, -0.05) is 18.2 Å². The summed E-state index contributed by atoms with van der Waals surface area (Å²) in [6.45, 7) is 1.62. The highest BCUT2D eigenvalue weighted by molar-refractivity contribution is 6.18. The fourth-order valence-electron chi connectivity index (χ4n) is 2.23. The van der Waals surface area contributed by atoms with Crippen molar-refractivity contribution in [2.45, 2.75) is 6.10 Å². The van der Waals surface area contributed by atoms with E-state index in [1.54, 1.807) is 4.90 Å². The van der Waals surface area contributed by atoms with Gasteiger partial charge in [0.25, 0.3) is 0 Å². The van der Waals surface area contributed by atoms with Crippen LogP contribution in [-0.2, 0) is 0 Å². The molecule has 1 fully saturated rings. The van der Waals surface area contributed by atoms with Crippen molar-refractivity contribution < 1.29 is 9.53 Å². The van der Waals surface area contributed by atoms with Gasteiger partial charge >= 0.3 is 6.03 Å². The van der Waals surface area contributed by atoms with Gasteiger partial charge in [-0.3, -0.25) is 0 Å². The highest BCUT2D eigenvalue weighted by Gasteiger charge is 2.32. The average molecular weight is 306 g/mol. The van der Waals surface area contributed by atoms with Gasteiger partial charge in [-0.05, 0) is 12.1 Å². The van der Waals surface area contributed by atoms with E-state index in [2.05, 4.69) is 10.3 Å². The summed E-state index contributed by atoms with van der Waals surface area (Å²) in [4.78, 5) is 17.8. The Morgan fingerprint density at radius 3 is 2.95 bits per heavy atom. The maximum absolute atomic E-state index is 11.6. The molecule has 6 heteroatoms. The summed E-state index contributed by atoms with van der Waals surface area (Å²) in [5, 5.41) is 3.81. The molecule has 1 aromatic carbocycles. The van der Waals surface area contributed by atoms with Crippen molar-refractivity contribution in [1.29, 1.82) is 0 Å². The van der Waals surface area contributed by atoms with E-state index < -0.39 is 0 Å². The van der Waals surface area contributed by atoms with Gasteiger partial charge in [0.05, 0.1) is 18.6 Å². The Morgan fingerprint density at radius 1 is 1.33 bits per heavy atom. The third-order valence-corrected chi connectivity index (χ3v) is 3.56. The van der Waals surface area contributed by atoms with Gasteiger partial charge in [0, 0.05) is 23.9 Å². The maximum atomic E-state index is 11.6. The van der Waals surface area contributed by atoms with Gasteiger partial charge in [0.1, 0.15) is 6.10 Å². The highest BCUT2D eigenvalue weighted by Crippen LogP contribution is 2.20. The number of pyridine rings is 1. The molecule has 2 aromatic rings. The van der Waals surface area contributed by atoms with Crippen LogP contribution in [0.4, 0.5) is 4.79 Å². The van der Waals surface area contributed by atoms with Crippen molar-refractivity contribution in [3.05, 3.63) is 36.4 Å². The van der Waals surface area contributed by atoms with Crippen LogP contribution >= 0.6 is 11.6 Å². The number of carbonyl (C=O) groups is 1. The van der Waals surface area contributed by atoms with Crippen LogP contribution in [-0.4, -0.2) is 47.5 Å². The zero-order chi connectivity index (χ0) is 14.7. The molecule has 0 saturated carbocycles. The Balaban J connectivity index is 1.54. The fourth-order valence-corrected chi connectivity index (χ4v) is 2.32. The first-order valence-electron chi connectivity index (χ1n) is 6.87. The molecule has 1 aromatic heterocycles. The Labute approximate surface area is 127 Å². The number of nitrogens with one attached hydrogen (secondary N) is 1. The fraction of sp³-hybridized carbons (Fsp3) is 0.333. The summed E-state index contributed by atoms with van der Waals surface area (Å²) >= 11 is 5.53. The molecule has 0 aliphatic carbocycles. The number of para-hydroxylation sites is 1. The van der Waals surface area contributed by atoms with E-state index in [-0.39, 0.29) is 12.1 Å². The summed E-state index contributed by atoms with van der Waals surface area (Å²) < 4.78 is 5.78. The van der Waals surface area contributed by atoms with E-state index >= 15 is 0 Å². The second-order valence-corrected chi connectivity index (χ2v) is 5.29. The Kier molecular flexibility index (Phi) is 4.10. The van der Waals surface area contributed by atoms with Crippen LogP contribution in [0.1, 0.15) is 0 Å². The predicted octanol–water partition coefficient (Wildman–Crippen LogP) is 2.25. The molecule has 0 atom stereocenters. The van der Waals surface area contributed by atoms with Crippen molar-refractivity contribution in [2.24, 2.45) is 0 Å². The lowest BCUT2D eigenvalue weighted by atomic mass is 10.2. The molecule has 5 nitrogen and oxygen atoms in total. The highest BCUT2D eigenvalue weighted by atomic mass is 35.5. The third-order valence-electron chi connectivity index (χ3n) is 3.37. The molecule has 1 aliphatic heterocycles. The lowest BCUT2D eigenvalue weighted by molar-refractivity contribution is 0.0418. The predicted molar refractivity (Wildman–Crippen MR) is 81.9 cm³/mol. The molecule has 21 heavy (non-hydrogen) atoms. The number of halogens is 1. The number of amides is 2. The zero-order valence-corrected chi connectivity index (χ0v) is 12.2. The van der Waals surface area contributed by atoms with E-state index in [0.29, 0.717) is 31.4 Å². The van der Waals surface area contributed by atoms with Gasteiger partial charge in [-0.15, -0.1) is 11.6 Å². The summed E-state index contributed by atoms with van der Waals surface area (Å²) in [6.07, 6.45) is 0.000383. The molecular weight excluding hydrogens is 290 g/mol. The molecular formula is C15H16ClN3O2. The van der Waals surface area contributed by atoms with Crippen molar-refractivity contribution in [1.82, 2.24) is 15.2 Å².